The van der Waals surface area contributed by atoms with Crippen LogP contribution in [0, 0.1) is 10.1 Å². The molecule has 0 radical (unpaired) electrons. The van der Waals surface area contributed by atoms with Gasteiger partial charge in [-0.2, -0.15) is 0 Å². The Hall–Kier alpha value is -3.64. The number of aromatic nitrogens is 4. The Kier molecular flexibility index (Phi) is 2.70. The second kappa shape index (κ2) is 12.4. The van der Waals surface area contributed by atoms with Gasteiger partial charge in [-0.15, -0.1) is 0 Å². The number of hydrogen-bond donors (Lipinski definition) is 2. The van der Waals surface area contributed by atoms with E-state index in [9.17, 15) is 29.3 Å². The topological polar surface area (TPSA) is 183 Å². The molecule has 184 valence electrons. The molecule has 13 heteroatoms. The van der Waals surface area contributed by atoms with Crippen LogP contribution in [-0.2, 0) is 26.0 Å². The fourth-order valence-corrected chi connectivity index (χ4v) is 1.99. The maximum absolute atomic E-state index is 12.9. The van der Waals surface area contributed by atoms with Gasteiger partial charge in [-0.25, -0.2) is 9.59 Å². The Morgan fingerprint density at radius 2 is 1.30 bits per heavy atom. The van der Waals surface area contributed by atoms with Crippen molar-refractivity contribution in [3.8, 4) is 0 Å². The fourth-order valence-electron chi connectivity index (χ4n) is 1.99. The molecule has 2 rings (SSSR count). The molecule has 0 aliphatic carbocycles. The smallest absolute Gasteiger partial charge is 0.374 e. The van der Waals surface area contributed by atoms with E-state index in [1.807, 2.05) is 0 Å². The van der Waals surface area contributed by atoms with Crippen LogP contribution < -0.4 is 34.0 Å². The highest BCUT2D eigenvalue weighted by Crippen LogP contribution is 2.13. The summed E-state index contributed by atoms with van der Waals surface area (Å²) in [6, 6.07) is 0.224. The minimum atomic E-state index is -4.21. The normalized spacial score (nSPS) is 28.1. The molecule has 0 aliphatic heterocycles. The number of rotatable bonds is 9. The van der Waals surface area contributed by atoms with Crippen LogP contribution in [0.15, 0.2) is 25.2 Å². The summed E-state index contributed by atoms with van der Waals surface area (Å²) >= 11 is 0. The molecule has 0 bridgehead atoms. The molecule has 0 atom stereocenters. The zero-order chi connectivity index (χ0) is 49.6. The van der Waals surface area contributed by atoms with Crippen molar-refractivity contribution in [1.82, 2.24) is 18.3 Å². The molecule has 0 fully saturated rings. The van der Waals surface area contributed by atoms with Gasteiger partial charge in [0.05, 0.1) is 10.4 Å². The largest absolute Gasteiger partial charge is 0.385 e. The summed E-state index contributed by atoms with van der Waals surface area (Å²) in [6.07, 6.45) is -15.7. The maximum atomic E-state index is 12.9. The maximum Gasteiger partial charge on any atom is 0.374 e. The summed E-state index contributed by atoms with van der Waals surface area (Å²) in [4.78, 5) is 60.0. The van der Waals surface area contributed by atoms with E-state index < -0.39 is 137 Å². The van der Waals surface area contributed by atoms with Gasteiger partial charge in [-0.3, -0.25) is 38.0 Å². The highest BCUT2D eigenvalue weighted by molar-refractivity contribution is 5.50. The molecule has 0 spiro atoms. The van der Waals surface area contributed by atoms with Crippen molar-refractivity contribution in [2.45, 2.75) is 78.9 Å². The lowest BCUT2D eigenvalue weighted by Crippen LogP contribution is -2.42. The molecule has 2 aromatic rings. The van der Waals surface area contributed by atoms with Gasteiger partial charge in [-0.05, 0) is 25.5 Å². The van der Waals surface area contributed by atoms with Crippen molar-refractivity contribution in [2.75, 3.05) is 11.5 Å². The van der Waals surface area contributed by atoms with E-state index in [4.69, 9.17) is 49.8 Å². The molecule has 13 nitrogen and oxygen atoms in total. The highest BCUT2D eigenvalue weighted by atomic mass is 16.6. The van der Waals surface area contributed by atoms with Crippen molar-refractivity contribution in [3.63, 3.8) is 0 Å². The van der Waals surface area contributed by atoms with Crippen molar-refractivity contribution < 1.29 is 43.3 Å². The van der Waals surface area contributed by atoms with Crippen LogP contribution in [0.5, 0.6) is 0 Å². The van der Waals surface area contributed by atoms with Crippen LogP contribution in [0.1, 0.15) is 91.3 Å². The fraction of sp³-hybridized carbons (Fsp3) is 0.600. The predicted octanol–water partition coefficient (Wildman–Crippen LogP) is 0.733. The minimum Gasteiger partial charge on any atom is -0.385 e. The monoisotopic (exact) mass is 495 g/mol. The van der Waals surface area contributed by atoms with Crippen LogP contribution in [0.4, 0.5) is 17.3 Å². The first-order chi connectivity index (χ1) is 26.3. The zero-order valence-electron chi connectivity index (χ0n) is 43.9. The van der Waals surface area contributed by atoms with Crippen molar-refractivity contribution in [2.24, 2.45) is 0 Å². The summed E-state index contributed by atoms with van der Waals surface area (Å²) in [6.45, 7) is -31.0. The van der Waals surface area contributed by atoms with Crippen LogP contribution in [0.3, 0.4) is 0 Å². The van der Waals surface area contributed by atoms with Crippen molar-refractivity contribution in [3.05, 3.63) is 57.9 Å². The molecule has 0 aromatic carbocycles. The van der Waals surface area contributed by atoms with Gasteiger partial charge in [-0.1, -0.05) is 27.4 Å². The summed E-state index contributed by atoms with van der Waals surface area (Å²) in [5.74, 6) is -2.79. The molecule has 33 heavy (non-hydrogen) atoms. The molecule has 2 aromatic heterocycles. The van der Waals surface area contributed by atoms with E-state index in [-0.39, 0.29) is 10.6 Å². The molecule has 0 aliphatic rings. The molecule has 4 N–H and O–H groups in total. The van der Waals surface area contributed by atoms with E-state index in [1.165, 1.54) is 0 Å². The first-order valence-electron chi connectivity index (χ1n) is 21.7. The Labute approximate surface area is 229 Å². The first-order valence-corrected chi connectivity index (χ1v) is 7.74. The average Bonchev–Trinajstić information content (AvgIpc) is 2.97. The second-order valence-electron chi connectivity index (χ2n) is 5.06. The third-order valence-corrected chi connectivity index (χ3v) is 3.26. The van der Waals surface area contributed by atoms with Gasteiger partial charge in [0.25, 0.3) is 5.56 Å². The molecule has 2 heterocycles. The molecule has 0 saturated carbocycles. The number of nitro groups is 1. The van der Waals surface area contributed by atoms with Crippen LogP contribution >= 0.6 is 0 Å². The van der Waals surface area contributed by atoms with Crippen molar-refractivity contribution in [1.29, 1.82) is 0 Å². The molecular formula is C20H33N7O6. The summed E-state index contributed by atoms with van der Waals surface area (Å²) in [5, 5.41) is 11.3. The van der Waals surface area contributed by atoms with Crippen LogP contribution in [0.2, 0.25) is 0 Å². The van der Waals surface area contributed by atoms with Crippen LogP contribution in [-0.4, -0.2) is 23.2 Å². The summed E-state index contributed by atoms with van der Waals surface area (Å²) in [7, 11) is 0. The summed E-state index contributed by atoms with van der Waals surface area (Å²) < 4.78 is 206. The lowest BCUT2D eigenvalue weighted by molar-refractivity contribution is -0.386. The third-order valence-electron chi connectivity index (χ3n) is 3.26. The Morgan fingerprint density at radius 3 is 1.82 bits per heavy atom. The Morgan fingerprint density at radius 1 is 0.848 bits per heavy atom. The van der Waals surface area contributed by atoms with E-state index in [1.54, 1.807) is 0 Å². The molecule has 0 saturated heterocycles. The second-order valence-corrected chi connectivity index (χ2v) is 5.06. The highest BCUT2D eigenvalue weighted by Gasteiger charge is 2.25. The van der Waals surface area contributed by atoms with Gasteiger partial charge < -0.3 is 11.5 Å². The number of hydrogen-bond acceptors (Lipinski definition) is 8. The van der Waals surface area contributed by atoms with Gasteiger partial charge in [0.1, 0.15) is 5.82 Å². The quantitative estimate of drug-likeness (QED) is 0.377. The van der Waals surface area contributed by atoms with E-state index in [0.29, 0.717) is 0 Å². The molecular weight excluding hydrogens is 434 g/mol. The lowest BCUT2D eigenvalue weighted by Gasteiger charge is -2.11. The molecule has 0 unspecified atom stereocenters. The summed E-state index contributed by atoms with van der Waals surface area (Å²) in [5.41, 5.74) is 0.396. The van der Waals surface area contributed by atoms with Crippen molar-refractivity contribution >= 4 is 17.3 Å². The standard InChI is InChI=1S/C10H16N4O4.C10H17N3O2/c1-3-5-12-8(11)7(14(17)18)9(15)13(6-4-2)10(12)16;1-3-5-12-8(11)7-9(14)13(6-4-2)10(12)15/h3-6,11H2,1-2H3;7H,3-6,11H2,1-2H3/i2*1D3,2D3,3D2,4D2,5D2,6D2. The average molecular weight is 496 g/mol. The van der Waals surface area contributed by atoms with Gasteiger partial charge in [0, 0.05) is 65.0 Å². The zero-order valence-corrected chi connectivity index (χ0v) is 15.9. The van der Waals surface area contributed by atoms with Gasteiger partial charge >= 0.3 is 22.6 Å². The van der Waals surface area contributed by atoms with Crippen LogP contribution in [0.25, 0.3) is 0 Å². The van der Waals surface area contributed by atoms with E-state index >= 15 is 0 Å². The Bertz CT molecular complexity index is 2270. The van der Waals surface area contributed by atoms with Gasteiger partial charge in [0.2, 0.25) is 0 Å². The number of nitrogens with zero attached hydrogens (tertiary/aromatic N) is 5. The lowest BCUT2D eigenvalue weighted by atomic mass is 10.4. The number of nitrogens with two attached hydrogens (primary N) is 2. The minimum absolute atomic E-state index is 0.224. The van der Waals surface area contributed by atoms with Gasteiger partial charge in [0.15, 0.2) is 5.82 Å². The predicted molar refractivity (Wildman–Crippen MR) is 127 cm³/mol. The SMILES string of the molecule is [2H]C([2H])([2H])C([2H])([2H])C([2H])([2H])n1c(N)c([N+](=O)[O-])c(=O)n(C([2H])([2H])C([2H])([2H])C([2H])([2H])[2H])c1=O.[2H]C([2H])([2H])C([2H])([2H])C([2H])([2H])n1c(N)cc(=O)n(C([2H])([2H])C([2H])([2H])C([2H])([2H])[2H])c1=O. The first kappa shape index (κ1) is 7.18. The third kappa shape index (κ3) is 6.20. The Balaban J connectivity index is 0.000000613. The van der Waals surface area contributed by atoms with E-state index in [2.05, 4.69) is 0 Å². The number of nitrogen functional groups attached to an aromatic ring is 2. The number of anilines is 2. The molecule has 0 amide bonds. The van der Waals surface area contributed by atoms with E-state index in [0.717, 1.165) is 0 Å².